The van der Waals surface area contributed by atoms with Crippen molar-refractivity contribution in [2.45, 2.75) is 12.8 Å². The smallest absolute Gasteiger partial charge is 0.226 e. The van der Waals surface area contributed by atoms with Crippen molar-refractivity contribution in [3.05, 3.63) is 40.9 Å². The molecule has 0 saturated carbocycles. The van der Waals surface area contributed by atoms with Gasteiger partial charge in [-0.15, -0.1) is 0 Å². The van der Waals surface area contributed by atoms with Crippen LogP contribution in [0.2, 0.25) is 4.34 Å². The second-order valence-corrected chi connectivity index (χ2v) is 5.44. The molecule has 100 valence electrons. The molecule has 0 fully saturated rings. The first kappa shape index (κ1) is 13.8. The molecule has 1 amide bonds. The van der Waals surface area contributed by atoms with Crippen LogP contribution >= 0.6 is 22.9 Å². The van der Waals surface area contributed by atoms with Gasteiger partial charge >= 0.3 is 0 Å². The molecule has 6 heteroatoms. The minimum atomic E-state index is -0.0809. The van der Waals surface area contributed by atoms with E-state index in [2.05, 4.69) is 10.3 Å². The number of thiazole rings is 1. The topological polar surface area (TPSA) is 51.2 Å². The molecule has 2 rings (SSSR count). The Kier molecular flexibility index (Phi) is 5.18. The third-order valence-electron chi connectivity index (χ3n) is 2.28. The third kappa shape index (κ3) is 4.89. The lowest BCUT2D eigenvalue weighted by Crippen LogP contribution is -2.12. The maximum Gasteiger partial charge on any atom is 0.226 e. The van der Waals surface area contributed by atoms with Crippen molar-refractivity contribution in [2.24, 2.45) is 0 Å². The Morgan fingerprint density at radius 1 is 1.37 bits per heavy atom. The summed E-state index contributed by atoms with van der Waals surface area (Å²) in [6.07, 6.45) is 2.56. The van der Waals surface area contributed by atoms with E-state index in [1.54, 1.807) is 0 Å². The monoisotopic (exact) mass is 296 g/mol. The number of amides is 1. The summed E-state index contributed by atoms with van der Waals surface area (Å²) >= 11 is 6.97. The predicted molar refractivity (Wildman–Crippen MR) is 76.9 cm³/mol. The SMILES string of the molecule is O=C(CCCOc1ccccc1)Nc1ncc(Cl)s1. The molecular formula is C13H13ClN2O2S. The molecule has 1 heterocycles. The lowest BCUT2D eigenvalue weighted by molar-refractivity contribution is -0.116. The molecule has 0 aliphatic heterocycles. The van der Waals surface area contributed by atoms with E-state index in [4.69, 9.17) is 16.3 Å². The van der Waals surface area contributed by atoms with E-state index in [1.165, 1.54) is 17.5 Å². The van der Waals surface area contributed by atoms with Crippen LogP contribution < -0.4 is 10.1 Å². The van der Waals surface area contributed by atoms with E-state index in [0.717, 1.165) is 5.75 Å². The summed E-state index contributed by atoms with van der Waals surface area (Å²) in [6, 6.07) is 9.53. The van der Waals surface area contributed by atoms with Crippen LogP contribution in [0.3, 0.4) is 0 Å². The van der Waals surface area contributed by atoms with Crippen LogP contribution in [0.25, 0.3) is 0 Å². The molecule has 2 aromatic rings. The van der Waals surface area contributed by atoms with Gasteiger partial charge in [-0.3, -0.25) is 4.79 Å². The second-order valence-electron chi connectivity index (χ2n) is 3.78. The van der Waals surface area contributed by atoms with Crippen molar-refractivity contribution in [3.63, 3.8) is 0 Å². The maximum atomic E-state index is 11.6. The number of ether oxygens (including phenoxy) is 1. The van der Waals surface area contributed by atoms with Crippen molar-refractivity contribution in [1.29, 1.82) is 0 Å². The highest BCUT2D eigenvalue weighted by Crippen LogP contribution is 2.22. The highest BCUT2D eigenvalue weighted by Gasteiger charge is 2.05. The number of carbonyl (C=O) groups excluding carboxylic acids is 1. The number of para-hydroxylation sites is 1. The molecule has 0 radical (unpaired) electrons. The van der Waals surface area contributed by atoms with Crippen molar-refractivity contribution >= 4 is 34.0 Å². The van der Waals surface area contributed by atoms with Crippen LogP contribution in [0.5, 0.6) is 5.75 Å². The lowest BCUT2D eigenvalue weighted by Gasteiger charge is -2.05. The Bertz CT molecular complexity index is 530. The molecule has 0 atom stereocenters. The fraction of sp³-hybridized carbons (Fsp3) is 0.231. The van der Waals surface area contributed by atoms with E-state index >= 15 is 0 Å². The number of benzene rings is 1. The zero-order valence-corrected chi connectivity index (χ0v) is 11.7. The van der Waals surface area contributed by atoms with Gasteiger partial charge in [0.2, 0.25) is 5.91 Å². The van der Waals surface area contributed by atoms with Crippen molar-refractivity contribution in [1.82, 2.24) is 4.98 Å². The molecule has 0 bridgehead atoms. The van der Waals surface area contributed by atoms with E-state index < -0.39 is 0 Å². The number of halogens is 1. The minimum Gasteiger partial charge on any atom is -0.494 e. The van der Waals surface area contributed by atoms with Gasteiger partial charge < -0.3 is 10.1 Å². The number of nitrogens with one attached hydrogen (secondary N) is 1. The van der Waals surface area contributed by atoms with Crippen molar-refractivity contribution in [3.8, 4) is 5.75 Å². The van der Waals surface area contributed by atoms with E-state index in [1.807, 2.05) is 30.3 Å². The molecule has 0 unspecified atom stereocenters. The Hall–Kier alpha value is -1.59. The number of nitrogens with zero attached hydrogens (tertiary/aromatic N) is 1. The summed E-state index contributed by atoms with van der Waals surface area (Å²) in [5, 5.41) is 3.22. The summed E-state index contributed by atoms with van der Waals surface area (Å²) in [4.78, 5) is 15.5. The van der Waals surface area contributed by atoms with Gasteiger partial charge in [-0.2, -0.15) is 0 Å². The fourth-order valence-electron chi connectivity index (χ4n) is 1.43. The molecule has 1 aromatic heterocycles. The first-order valence-corrected chi connectivity index (χ1v) is 7.02. The van der Waals surface area contributed by atoms with Gasteiger partial charge in [0.25, 0.3) is 0 Å². The largest absolute Gasteiger partial charge is 0.494 e. The maximum absolute atomic E-state index is 11.6. The Balaban J connectivity index is 1.64. The third-order valence-corrected chi connectivity index (χ3v) is 3.31. The van der Waals surface area contributed by atoms with E-state index in [9.17, 15) is 4.79 Å². The quantitative estimate of drug-likeness (QED) is 0.829. The molecule has 1 N–H and O–H groups in total. The predicted octanol–water partition coefficient (Wildman–Crippen LogP) is 3.59. The normalized spacial score (nSPS) is 10.2. The minimum absolute atomic E-state index is 0.0809. The molecular weight excluding hydrogens is 284 g/mol. The summed E-state index contributed by atoms with van der Waals surface area (Å²) in [7, 11) is 0. The molecule has 0 aliphatic carbocycles. The van der Waals surface area contributed by atoms with Crippen LogP contribution in [0, 0.1) is 0 Å². The Labute approximate surface area is 120 Å². The van der Waals surface area contributed by atoms with Gasteiger partial charge in [0.05, 0.1) is 12.8 Å². The van der Waals surface area contributed by atoms with Gasteiger partial charge in [-0.05, 0) is 18.6 Å². The molecule has 0 spiro atoms. The Morgan fingerprint density at radius 2 is 2.16 bits per heavy atom. The number of rotatable bonds is 6. The number of hydrogen-bond donors (Lipinski definition) is 1. The van der Waals surface area contributed by atoms with Crippen LogP contribution in [-0.4, -0.2) is 17.5 Å². The van der Waals surface area contributed by atoms with Crippen LogP contribution in [0.1, 0.15) is 12.8 Å². The summed E-state index contributed by atoms with van der Waals surface area (Å²) in [5.41, 5.74) is 0. The van der Waals surface area contributed by atoms with Crippen LogP contribution in [0.15, 0.2) is 36.5 Å². The molecule has 19 heavy (non-hydrogen) atoms. The summed E-state index contributed by atoms with van der Waals surface area (Å²) < 4.78 is 6.05. The summed E-state index contributed by atoms with van der Waals surface area (Å²) in [5.74, 6) is 0.734. The van der Waals surface area contributed by atoms with Gasteiger partial charge in [-0.25, -0.2) is 4.98 Å². The first-order chi connectivity index (χ1) is 9.24. The second kappa shape index (κ2) is 7.11. The highest BCUT2D eigenvalue weighted by molar-refractivity contribution is 7.19. The van der Waals surface area contributed by atoms with Gasteiger partial charge in [0, 0.05) is 6.42 Å². The van der Waals surface area contributed by atoms with Gasteiger partial charge in [0.1, 0.15) is 10.1 Å². The number of hydrogen-bond acceptors (Lipinski definition) is 4. The lowest BCUT2D eigenvalue weighted by atomic mass is 10.3. The number of carbonyl (C=O) groups is 1. The van der Waals surface area contributed by atoms with E-state index in [-0.39, 0.29) is 5.91 Å². The van der Waals surface area contributed by atoms with Crippen LogP contribution in [0.4, 0.5) is 5.13 Å². The average molecular weight is 297 g/mol. The summed E-state index contributed by atoms with van der Waals surface area (Å²) in [6.45, 7) is 0.510. The molecule has 0 aliphatic rings. The Morgan fingerprint density at radius 3 is 2.84 bits per heavy atom. The van der Waals surface area contributed by atoms with E-state index in [0.29, 0.717) is 28.9 Å². The fourth-order valence-corrected chi connectivity index (χ4v) is 2.26. The van der Waals surface area contributed by atoms with Crippen molar-refractivity contribution in [2.75, 3.05) is 11.9 Å². The number of anilines is 1. The zero-order chi connectivity index (χ0) is 13.5. The molecule has 0 saturated heterocycles. The standard InChI is InChI=1S/C13H13ClN2O2S/c14-11-9-15-13(19-11)16-12(17)7-4-8-18-10-5-2-1-3-6-10/h1-3,5-6,9H,4,7-8H2,(H,15,16,17). The number of aromatic nitrogens is 1. The highest BCUT2D eigenvalue weighted by atomic mass is 35.5. The average Bonchev–Trinajstić information content (AvgIpc) is 2.81. The van der Waals surface area contributed by atoms with Crippen molar-refractivity contribution < 1.29 is 9.53 Å². The van der Waals surface area contributed by atoms with Crippen LogP contribution in [-0.2, 0) is 4.79 Å². The van der Waals surface area contributed by atoms with Gasteiger partial charge in [-0.1, -0.05) is 41.1 Å². The molecule has 4 nitrogen and oxygen atoms in total. The molecule has 1 aromatic carbocycles. The van der Waals surface area contributed by atoms with Gasteiger partial charge in [0.15, 0.2) is 5.13 Å². The zero-order valence-electron chi connectivity index (χ0n) is 10.1. The first-order valence-electron chi connectivity index (χ1n) is 5.83.